The van der Waals surface area contributed by atoms with Gasteiger partial charge in [-0.15, -0.1) is 0 Å². The number of ether oxygens (including phenoxy) is 1. The van der Waals surface area contributed by atoms with Crippen molar-refractivity contribution in [2.75, 3.05) is 29.6 Å². The van der Waals surface area contributed by atoms with Crippen molar-refractivity contribution in [1.29, 1.82) is 0 Å². The third kappa shape index (κ3) is 5.61. The van der Waals surface area contributed by atoms with Gasteiger partial charge >= 0.3 is 0 Å². The van der Waals surface area contributed by atoms with Gasteiger partial charge in [0.25, 0.3) is 5.91 Å². The van der Waals surface area contributed by atoms with Gasteiger partial charge in [0.2, 0.25) is 5.91 Å². The molecular formula is C23H22BrN3O3. The number of carbonyl (C=O) groups is 2. The van der Waals surface area contributed by atoms with Crippen LogP contribution in [-0.2, 0) is 4.79 Å². The maximum Gasteiger partial charge on any atom is 0.255 e. The number of halogens is 1. The number of para-hydroxylation sites is 2. The summed E-state index contributed by atoms with van der Waals surface area (Å²) in [5.74, 6) is 0.150. The predicted molar refractivity (Wildman–Crippen MR) is 123 cm³/mol. The Hall–Kier alpha value is -3.32. The molecule has 30 heavy (non-hydrogen) atoms. The first-order valence-electron chi connectivity index (χ1n) is 9.30. The van der Waals surface area contributed by atoms with Gasteiger partial charge in [-0.2, -0.15) is 0 Å². The Kier molecular flexibility index (Phi) is 7.08. The van der Waals surface area contributed by atoms with Gasteiger partial charge in [0.15, 0.2) is 0 Å². The SMILES string of the molecule is COc1ccccc1NC(=O)c1ccc(NC(=O)CNc2ccc(Br)cc2C)cc1. The first kappa shape index (κ1) is 21.4. The summed E-state index contributed by atoms with van der Waals surface area (Å²) in [7, 11) is 1.55. The lowest BCUT2D eigenvalue weighted by molar-refractivity contribution is -0.114. The summed E-state index contributed by atoms with van der Waals surface area (Å²) >= 11 is 3.42. The van der Waals surface area contributed by atoms with Crippen LogP contribution < -0.4 is 20.7 Å². The summed E-state index contributed by atoms with van der Waals surface area (Å²) in [6, 6.07) is 19.7. The Labute approximate surface area is 183 Å². The lowest BCUT2D eigenvalue weighted by Crippen LogP contribution is -2.22. The van der Waals surface area contributed by atoms with E-state index in [2.05, 4.69) is 31.9 Å². The number of anilines is 3. The molecule has 0 aliphatic heterocycles. The van der Waals surface area contributed by atoms with Gasteiger partial charge in [0, 0.05) is 21.4 Å². The highest BCUT2D eigenvalue weighted by molar-refractivity contribution is 9.10. The van der Waals surface area contributed by atoms with E-state index in [9.17, 15) is 9.59 Å². The maximum atomic E-state index is 12.5. The zero-order valence-corrected chi connectivity index (χ0v) is 18.2. The molecular weight excluding hydrogens is 446 g/mol. The first-order valence-corrected chi connectivity index (χ1v) is 10.1. The molecule has 3 N–H and O–H groups in total. The third-order valence-corrected chi connectivity index (χ3v) is 4.91. The minimum Gasteiger partial charge on any atom is -0.495 e. The normalized spacial score (nSPS) is 10.2. The Morgan fingerprint density at radius 3 is 2.37 bits per heavy atom. The minimum atomic E-state index is -0.259. The Morgan fingerprint density at radius 1 is 0.933 bits per heavy atom. The number of carbonyl (C=O) groups excluding carboxylic acids is 2. The van der Waals surface area contributed by atoms with E-state index >= 15 is 0 Å². The quantitative estimate of drug-likeness (QED) is 0.453. The average Bonchev–Trinajstić information content (AvgIpc) is 2.74. The average molecular weight is 468 g/mol. The van der Waals surface area contributed by atoms with E-state index < -0.39 is 0 Å². The number of aryl methyl sites for hydroxylation is 1. The standard InChI is InChI=1S/C23H22BrN3O3/c1-15-13-17(24)9-12-19(15)25-14-22(28)26-18-10-7-16(8-11-18)23(29)27-20-5-3-4-6-21(20)30-2/h3-13,25H,14H2,1-2H3,(H,26,28)(H,27,29). The van der Waals surface area contributed by atoms with Gasteiger partial charge in [-0.25, -0.2) is 0 Å². The van der Waals surface area contributed by atoms with Gasteiger partial charge in [-0.05, 0) is 67.1 Å². The van der Waals surface area contributed by atoms with Crippen LogP contribution in [0.2, 0.25) is 0 Å². The number of methoxy groups -OCH3 is 1. The zero-order valence-electron chi connectivity index (χ0n) is 16.7. The number of nitrogens with one attached hydrogen (secondary N) is 3. The molecule has 3 aromatic carbocycles. The number of amides is 2. The Morgan fingerprint density at radius 2 is 1.67 bits per heavy atom. The molecule has 0 fully saturated rings. The number of hydrogen-bond acceptors (Lipinski definition) is 4. The molecule has 2 amide bonds. The highest BCUT2D eigenvalue weighted by Gasteiger charge is 2.10. The third-order valence-electron chi connectivity index (χ3n) is 4.41. The molecule has 154 valence electrons. The molecule has 0 unspecified atom stereocenters. The van der Waals surface area contributed by atoms with Crippen molar-refractivity contribution >= 4 is 44.8 Å². The van der Waals surface area contributed by atoms with E-state index in [4.69, 9.17) is 4.74 Å². The monoisotopic (exact) mass is 467 g/mol. The van der Waals surface area contributed by atoms with Crippen molar-refractivity contribution in [1.82, 2.24) is 0 Å². The number of benzene rings is 3. The fourth-order valence-electron chi connectivity index (χ4n) is 2.85. The van der Waals surface area contributed by atoms with Crippen molar-refractivity contribution in [2.45, 2.75) is 6.92 Å². The fourth-order valence-corrected chi connectivity index (χ4v) is 3.33. The molecule has 0 bridgehead atoms. The number of hydrogen-bond donors (Lipinski definition) is 3. The Bertz CT molecular complexity index is 1050. The maximum absolute atomic E-state index is 12.5. The summed E-state index contributed by atoms with van der Waals surface area (Å²) in [5, 5.41) is 8.75. The van der Waals surface area contributed by atoms with Crippen molar-refractivity contribution in [3.05, 3.63) is 82.3 Å². The molecule has 0 atom stereocenters. The van der Waals surface area contributed by atoms with E-state index in [1.54, 1.807) is 43.5 Å². The van der Waals surface area contributed by atoms with Gasteiger partial charge in [-0.3, -0.25) is 9.59 Å². The van der Waals surface area contributed by atoms with E-state index in [1.807, 2.05) is 37.3 Å². The molecule has 0 spiro atoms. The van der Waals surface area contributed by atoms with Gasteiger partial charge in [0.05, 0.1) is 19.3 Å². The smallest absolute Gasteiger partial charge is 0.255 e. The first-order chi connectivity index (χ1) is 14.5. The van der Waals surface area contributed by atoms with Crippen LogP contribution >= 0.6 is 15.9 Å². The lowest BCUT2D eigenvalue weighted by atomic mass is 10.2. The van der Waals surface area contributed by atoms with Gasteiger partial charge in [-0.1, -0.05) is 28.1 Å². The van der Waals surface area contributed by atoms with Crippen molar-refractivity contribution in [2.24, 2.45) is 0 Å². The Balaban J connectivity index is 1.56. The van der Waals surface area contributed by atoms with E-state index in [-0.39, 0.29) is 18.4 Å². The van der Waals surface area contributed by atoms with Crippen LogP contribution in [0.3, 0.4) is 0 Å². The zero-order chi connectivity index (χ0) is 21.5. The molecule has 0 aliphatic carbocycles. The van der Waals surface area contributed by atoms with Gasteiger partial charge < -0.3 is 20.7 Å². The van der Waals surface area contributed by atoms with Gasteiger partial charge in [0.1, 0.15) is 5.75 Å². The van der Waals surface area contributed by atoms with Crippen molar-refractivity contribution < 1.29 is 14.3 Å². The van der Waals surface area contributed by atoms with Crippen LogP contribution in [0.25, 0.3) is 0 Å². The highest BCUT2D eigenvalue weighted by atomic mass is 79.9. The second kappa shape index (κ2) is 9.93. The predicted octanol–water partition coefficient (Wildman–Crippen LogP) is 5.07. The van der Waals surface area contributed by atoms with Crippen LogP contribution in [0.5, 0.6) is 5.75 Å². The topological polar surface area (TPSA) is 79.5 Å². The van der Waals surface area contributed by atoms with Crippen LogP contribution in [0, 0.1) is 6.92 Å². The second-order valence-electron chi connectivity index (χ2n) is 6.59. The highest BCUT2D eigenvalue weighted by Crippen LogP contribution is 2.24. The molecule has 7 heteroatoms. The van der Waals surface area contributed by atoms with E-state index in [0.29, 0.717) is 22.7 Å². The molecule has 0 radical (unpaired) electrons. The lowest BCUT2D eigenvalue weighted by Gasteiger charge is -2.11. The van der Waals surface area contributed by atoms with E-state index in [0.717, 1.165) is 15.7 Å². The molecule has 0 aliphatic rings. The summed E-state index contributed by atoms with van der Waals surface area (Å²) in [6.45, 7) is 2.11. The summed E-state index contributed by atoms with van der Waals surface area (Å²) < 4.78 is 6.23. The van der Waals surface area contributed by atoms with Crippen LogP contribution in [0.4, 0.5) is 17.1 Å². The molecule has 6 nitrogen and oxygen atoms in total. The summed E-state index contributed by atoms with van der Waals surface area (Å²) in [5.41, 5.74) is 3.63. The molecule has 0 saturated carbocycles. The largest absolute Gasteiger partial charge is 0.495 e. The van der Waals surface area contributed by atoms with Crippen molar-refractivity contribution in [3.63, 3.8) is 0 Å². The van der Waals surface area contributed by atoms with Crippen LogP contribution in [0.15, 0.2) is 71.2 Å². The summed E-state index contributed by atoms with van der Waals surface area (Å²) in [4.78, 5) is 24.7. The fraction of sp³-hybridized carbons (Fsp3) is 0.130. The minimum absolute atomic E-state index is 0.137. The summed E-state index contributed by atoms with van der Waals surface area (Å²) in [6.07, 6.45) is 0. The molecule has 0 saturated heterocycles. The molecule has 3 aromatic rings. The van der Waals surface area contributed by atoms with Crippen molar-refractivity contribution in [3.8, 4) is 5.75 Å². The molecule has 3 rings (SSSR count). The molecule has 0 heterocycles. The molecule has 0 aromatic heterocycles. The van der Waals surface area contributed by atoms with Crippen LogP contribution in [-0.4, -0.2) is 25.5 Å². The van der Waals surface area contributed by atoms with Crippen LogP contribution in [0.1, 0.15) is 15.9 Å². The second-order valence-corrected chi connectivity index (χ2v) is 7.51. The van der Waals surface area contributed by atoms with E-state index in [1.165, 1.54) is 0 Å². The number of rotatable bonds is 7.